The van der Waals surface area contributed by atoms with Gasteiger partial charge in [0.25, 0.3) is 0 Å². The summed E-state index contributed by atoms with van der Waals surface area (Å²) in [7, 11) is 1.68. The molecule has 0 aromatic rings. The molecule has 1 atom stereocenters. The van der Waals surface area contributed by atoms with E-state index < -0.39 is 0 Å². The molecule has 1 unspecified atom stereocenters. The molecule has 84 valence electrons. The maximum absolute atomic E-state index is 9.08. The van der Waals surface area contributed by atoms with Gasteiger partial charge in [-0.3, -0.25) is 0 Å². The quantitative estimate of drug-likeness (QED) is 0.456. The minimum atomic E-state index is -0.207. The van der Waals surface area contributed by atoms with Crippen molar-refractivity contribution in [1.82, 2.24) is 0 Å². The predicted octanol–water partition coefficient (Wildman–Crippen LogP) is 1.61. The van der Waals surface area contributed by atoms with Gasteiger partial charge in [-0.05, 0) is 12.8 Å². The molecular weight excluding hydrogens is 180 g/mol. The van der Waals surface area contributed by atoms with Crippen molar-refractivity contribution in [3.63, 3.8) is 0 Å². The molecule has 0 aliphatic carbocycles. The van der Waals surface area contributed by atoms with E-state index >= 15 is 0 Å². The van der Waals surface area contributed by atoms with Crippen molar-refractivity contribution in [2.24, 2.45) is 5.41 Å². The van der Waals surface area contributed by atoms with E-state index in [1.165, 1.54) is 0 Å². The molecule has 0 aromatic heterocycles. The van der Waals surface area contributed by atoms with E-state index in [2.05, 4.69) is 6.58 Å². The van der Waals surface area contributed by atoms with Crippen molar-refractivity contribution in [3.05, 3.63) is 12.7 Å². The highest BCUT2D eigenvalue weighted by Crippen LogP contribution is 2.21. The van der Waals surface area contributed by atoms with E-state index in [9.17, 15) is 0 Å². The lowest BCUT2D eigenvalue weighted by Gasteiger charge is -2.22. The van der Waals surface area contributed by atoms with E-state index in [4.69, 9.17) is 14.6 Å². The fourth-order valence-electron chi connectivity index (χ4n) is 0.958. The van der Waals surface area contributed by atoms with Gasteiger partial charge >= 0.3 is 0 Å². The van der Waals surface area contributed by atoms with Gasteiger partial charge in [0.1, 0.15) is 0 Å². The lowest BCUT2D eigenvalue weighted by Crippen LogP contribution is -2.20. The van der Waals surface area contributed by atoms with Crippen LogP contribution in [0.2, 0.25) is 0 Å². The van der Waals surface area contributed by atoms with Crippen molar-refractivity contribution in [2.75, 3.05) is 33.5 Å². The Morgan fingerprint density at radius 1 is 1.36 bits per heavy atom. The molecule has 0 radical (unpaired) electrons. The van der Waals surface area contributed by atoms with Gasteiger partial charge in [0.15, 0.2) is 0 Å². The minimum Gasteiger partial charge on any atom is -0.395 e. The second kappa shape index (κ2) is 7.97. The molecular formula is C11H22O3. The van der Waals surface area contributed by atoms with Crippen LogP contribution in [-0.4, -0.2) is 38.6 Å². The third kappa shape index (κ3) is 6.13. The van der Waals surface area contributed by atoms with Crippen molar-refractivity contribution < 1.29 is 14.6 Å². The fraction of sp³-hybridized carbons (Fsp3) is 0.818. The van der Waals surface area contributed by atoms with E-state index in [0.717, 1.165) is 19.4 Å². The van der Waals surface area contributed by atoms with Gasteiger partial charge in [0, 0.05) is 32.3 Å². The van der Waals surface area contributed by atoms with E-state index in [1.807, 2.05) is 6.92 Å². The molecule has 0 saturated heterocycles. The lowest BCUT2D eigenvalue weighted by molar-refractivity contribution is 0.0734. The topological polar surface area (TPSA) is 38.7 Å². The number of hydrogen-bond acceptors (Lipinski definition) is 3. The summed E-state index contributed by atoms with van der Waals surface area (Å²) in [5, 5.41) is 9.08. The van der Waals surface area contributed by atoms with Gasteiger partial charge in [0.05, 0.1) is 6.61 Å². The van der Waals surface area contributed by atoms with Gasteiger partial charge < -0.3 is 14.6 Å². The van der Waals surface area contributed by atoms with Crippen LogP contribution in [0.15, 0.2) is 12.7 Å². The SMILES string of the molecule is C=CC(C)(CO)CCOCCCOC. The highest BCUT2D eigenvalue weighted by molar-refractivity contribution is 4.90. The number of aliphatic hydroxyl groups is 1. The Morgan fingerprint density at radius 3 is 2.57 bits per heavy atom. The zero-order valence-electron chi connectivity index (χ0n) is 9.29. The Morgan fingerprint density at radius 2 is 2.07 bits per heavy atom. The van der Waals surface area contributed by atoms with Crippen LogP contribution in [0.4, 0.5) is 0 Å². The second-order valence-electron chi connectivity index (χ2n) is 3.72. The van der Waals surface area contributed by atoms with Crippen LogP contribution in [0.5, 0.6) is 0 Å². The predicted molar refractivity (Wildman–Crippen MR) is 57.3 cm³/mol. The summed E-state index contributed by atoms with van der Waals surface area (Å²) in [6, 6.07) is 0. The van der Waals surface area contributed by atoms with E-state index in [-0.39, 0.29) is 12.0 Å². The first-order valence-corrected chi connectivity index (χ1v) is 4.99. The van der Waals surface area contributed by atoms with Crippen LogP contribution in [0.25, 0.3) is 0 Å². The maximum Gasteiger partial charge on any atom is 0.0520 e. The lowest BCUT2D eigenvalue weighted by atomic mass is 9.88. The second-order valence-corrected chi connectivity index (χ2v) is 3.72. The van der Waals surface area contributed by atoms with Crippen LogP contribution in [0.1, 0.15) is 19.8 Å². The molecule has 0 fully saturated rings. The molecule has 1 N–H and O–H groups in total. The summed E-state index contributed by atoms with van der Waals surface area (Å²) in [4.78, 5) is 0. The normalized spacial score (nSPS) is 15.1. The molecule has 0 spiro atoms. The zero-order chi connectivity index (χ0) is 10.9. The number of aliphatic hydroxyl groups excluding tert-OH is 1. The summed E-state index contributed by atoms with van der Waals surface area (Å²) < 4.78 is 10.3. The largest absolute Gasteiger partial charge is 0.395 e. The Kier molecular flexibility index (Phi) is 7.76. The van der Waals surface area contributed by atoms with Crippen molar-refractivity contribution in [3.8, 4) is 0 Å². The van der Waals surface area contributed by atoms with Gasteiger partial charge in [-0.1, -0.05) is 13.0 Å². The smallest absolute Gasteiger partial charge is 0.0520 e. The van der Waals surface area contributed by atoms with Crippen LogP contribution in [0, 0.1) is 5.41 Å². The summed E-state index contributed by atoms with van der Waals surface area (Å²) in [6.07, 6.45) is 3.51. The Hall–Kier alpha value is -0.380. The summed E-state index contributed by atoms with van der Waals surface area (Å²) >= 11 is 0. The monoisotopic (exact) mass is 202 g/mol. The van der Waals surface area contributed by atoms with Gasteiger partial charge in [-0.2, -0.15) is 0 Å². The van der Waals surface area contributed by atoms with Crippen LogP contribution < -0.4 is 0 Å². The van der Waals surface area contributed by atoms with Gasteiger partial charge in [-0.25, -0.2) is 0 Å². The van der Waals surface area contributed by atoms with Crippen molar-refractivity contribution in [1.29, 1.82) is 0 Å². The van der Waals surface area contributed by atoms with Gasteiger partial charge in [-0.15, -0.1) is 6.58 Å². The summed E-state index contributed by atoms with van der Waals surface area (Å²) in [5.41, 5.74) is -0.207. The molecule has 0 saturated carbocycles. The molecule has 3 heteroatoms. The molecule has 0 rings (SSSR count). The molecule has 0 amide bonds. The fourth-order valence-corrected chi connectivity index (χ4v) is 0.958. The third-order valence-electron chi connectivity index (χ3n) is 2.31. The first kappa shape index (κ1) is 13.6. The molecule has 0 heterocycles. The maximum atomic E-state index is 9.08. The molecule has 0 aliphatic rings. The highest BCUT2D eigenvalue weighted by atomic mass is 16.5. The molecule has 0 aliphatic heterocycles. The summed E-state index contributed by atoms with van der Waals surface area (Å²) in [6.45, 7) is 7.90. The first-order chi connectivity index (χ1) is 6.68. The van der Waals surface area contributed by atoms with Crippen LogP contribution in [0.3, 0.4) is 0 Å². The Labute approximate surface area is 86.7 Å². The zero-order valence-corrected chi connectivity index (χ0v) is 9.29. The standard InChI is InChI=1S/C11H22O3/c1-4-11(2,10-12)6-9-14-8-5-7-13-3/h4,12H,1,5-10H2,2-3H3. The van der Waals surface area contributed by atoms with E-state index in [0.29, 0.717) is 13.2 Å². The van der Waals surface area contributed by atoms with Crippen molar-refractivity contribution in [2.45, 2.75) is 19.8 Å². The number of methoxy groups -OCH3 is 1. The first-order valence-electron chi connectivity index (χ1n) is 4.99. The Balaban J connectivity index is 3.38. The Bertz CT molecular complexity index is 147. The molecule has 0 bridgehead atoms. The minimum absolute atomic E-state index is 0.123. The van der Waals surface area contributed by atoms with Crippen LogP contribution >= 0.6 is 0 Å². The average molecular weight is 202 g/mol. The van der Waals surface area contributed by atoms with Crippen molar-refractivity contribution >= 4 is 0 Å². The average Bonchev–Trinajstić information content (AvgIpc) is 2.23. The van der Waals surface area contributed by atoms with Crippen LogP contribution in [-0.2, 0) is 9.47 Å². The highest BCUT2D eigenvalue weighted by Gasteiger charge is 2.18. The van der Waals surface area contributed by atoms with Gasteiger partial charge in [0.2, 0.25) is 0 Å². The third-order valence-corrected chi connectivity index (χ3v) is 2.31. The number of hydrogen-bond donors (Lipinski definition) is 1. The van der Waals surface area contributed by atoms with E-state index in [1.54, 1.807) is 13.2 Å². The number of ether oxygens (including phenoxy) is 2. The molecule has 3 nitrogen and oxygen atoms in total. The summed E-state index contributed by atoms with van der Waals surface area (Å²) in [5.74, 6) is 0. The molecule has 14 heavy (non-hydrogen) atoms. The molecule has 0 aromatic carbocycles. The number of rotatable bonds is 9.